The smallest absolute Gasteiger partial charge is 0.331 e. The molecule has 1 heterocycles. The molecule has 0 unspecified atom stereocenters. The summed E-state index contributed by atoms with van der Waals surface area (Å²) in [6.45, 7) is -0.0204. The van der Waals surface area contributed by atoms with E-state index >= 15 is 0 Å². The van der Waals surface area contributed by atoms with E-state index < -0.39 is 17.8 Å². The van der Waals surface area contributed by atoms with Crippen LogP contribution in [0, 0.1) is 0 Å². The number of barbiturate groups is 1. The maximum atomic E-state index is 12.8. The number of halogens is 2. The number of imide groups is 2. The lowest BCUT2D eigenvalue weighted by molar-refractivity contribution is -0.130. The van der Waals surface area contributed by atoms with Gasteiger partial charge in [-0.25, -0.2) is 4.79 Å². The predicted molar refractivity (Wildman–Crippen MR) is 109 cm³/mol. The van der Waals surface area contributed by atoms with Crippen LogP contribution in [0.3, 0.4) is 0 Å². The summed E-state index contributed by atoms with van der Waals surface area (Å²) in [5.41, 5.74) is 0.679. The molecule has 2 N–H and O–H groups in total. The fourth-order valence-corrected chi connectivity index (χ4v) is 3.86. The van der Waals surface area contributed by atoms with Crippen LogP contribution in [-0.4, -0.2) is 35.0 Å². The molecule has 28 heavy (non-hydrogen) atoms. The third-order valence-corrected chi connectivity index (χ3v) is 5.11. The summed E-state index contributed by atoms with van der Waals surface area (Å²) in [7, 11) is 1.54. The second kappa shape index (κ2) is 8.15. The van der Waals surface area contributed by atoms with Crippen molar-refractivity contribution in [1.82, 2.24) is 10.2 Å². The molecule has 3 rings (SSSR count). The van der Waals surface area contributed by atoms with Gasteiger partial charge in [-0.2, -0.15) is 0 Å². The Morgan fingerprint density at radius 2 is 1.82 bits per heavy atom. The number of nitrogens with zero attached hydrogens (tertiary/aromatic N) is 1. The zero-order chi connectivity index (χ0) is 20.4. The highest BCUT2D eigenvalue weighted by Gasteiger charge is 2.35. The van der Waals surface area contributed by atoms with E-state index in [1.165, 1.54) is 13.2 Å². The molecular formula is C19H14Br2N2O5. The van der Waals surface area contributed by atoms with E-state index in [-0.39, 0.29) is 23.4 Å². The lowest BCUT2D eigenvalue weighted by atomic mass is 10.1. The number of carbonyl (C=O) groups is 3. The van der Waals surface area contributed by atoms with Crippen LogP contribution in [0.5, 0.6) is 11.5 Å². The normalized spacial score (nSPS) is 15.8. The highest BCUT2D eigenvalue weighted by atomic mass is 79.9. The number of phenols is 1. The van der Waals surface area contributed by atoms with Gasteiger partial charge in [-0.15, -0.1) is 0 Å². The van der Waals surface area contributed by atoms with Gasteiger partial charge in [0, 0.05) is 10.0 Å². The highest BCUT2D eigenvalue weighted by molar-refractivity contribution is 9.11. The molecule has 9 heteroatoms. The van der Waals surface area contributed by atoms with E-state index in [1.807, 2.05) is 0 Å². The summed E-state index contributed by atoms with van der Waals surface area (Å²) >= 11 is 6.49. The van der Waals surface area contributed by atoms with Crippen LogP contribution in [0.25, 0.3) is 6.08 Å². The van der Waals surface area contributed by atoms with Gasteiger partial charge in [0.05, 0.1) is 18.1 Å². The van der Waals surface area contributed by atoms with Crippen LogP contribution < -0.4 is 10.1 Å². The largest absolute Gasteiger partial charge is 0.506 e. The minimum Gasteiger partial charge on any atom is -0.506 e. The van der Waals surface area contributed by atoms with Crippen molar-refractivity contribution in [2.24, 2.45) is 0 Å². The Balaban J connectivity index is 1.93. The average molecular weight is 510 g/mol. The maximum absolute atomic E-state index is 12.8. The van der Waals surface area contributed by atoms with E-state index in [2.05, 4.69) is 37.2 Å². The summed E-state index contributed by atoms with van der Waals surface area (Å²) < 4.78 is 6.11. The molecule has 0 radical (unpaired) electrons. The first-order valence-electron chi connectivity index (χ1n) is 8.00. The molecule has 7 nitrogen and oxygen atoms in total. The van der Waals surface area contributed by atoms with Crippen molar-refractivity contribution in [2.75, 3.05) is 7.11 Å². The van der Waals surface area contributed by atoms with Crippen molar-refractivity contribution in [2.45, 2.75) is 6.54 Å². The SMILES string of the molecule is COc1ccc(CN2C(=O)NC(=O)/C(=C\c3cc(Br)cc(Br)c3O)C2=O)cc1. The molecule has 0 aromatic heterocycles. The molecule has 1 fully saturated rings. The number of amides is 4. The molecule has 0 aliphatic carbocycles. The number of urea groups is 1. The van der Waals surface area contributed by atoms with Crippen LogP contribution in [-0.2, 0) is 16.1 Å². The van der Waals surface area contributed by atoms with E-state index in [0.29, 0.717) is 20.3 Å². The second-order valence-corrected chi connectivity index (χ2v) is 7.65. The third-order valence-electron chi connectivity index (χ3n) is 4.04. The molecular weight excluding hydrogens is 496 g/mol. The van der Waals surface area contributed by atoms with Gasteiger partial charge in [-0.1, -0.05) is 28.1 Å². The lowest BCUT2D eigenvalue weighted by Gasteiger charge is -2.26. The van der Waals surface area contributed by atoms with Crippen LogP contribution in [0.1, 0.15) is 11.1 Å². The predicted octanol–water partition coefficient (Wildman–Crippen LogP) is 3.59. The molecule has 2 aromatic carbocycles. The Hall–Kier alpha value is -2.65. The number of aromatic hydroxyl groups is 1. The van der Waals surface area contributed by atoms with Crippen molar-refractivity contribution in [3.8, 4) is 11.5 Å². The molecule has 0 atom stereocenters. The van der Waals surface area contributed by atoms with Gasteiger partial charge in [0.2, 0.25) is 0 Å². The molecule has 0 bridgehead atoms. The van der Waals surface area contributed by atoms with Crippen molar-refractivity contribution < 1.29 is 24.2 Å². The van der Waals surface area contributed by atoms with Gasteiger partial charge in [0.1, 0.15) is 17.1 Å². The topological polar surface area (TPSA) is 95.9 Å². The summed E-state index contributed by atoms with van der Waals surface area (Å²) in [6.07, 6.45) is 1.25. The Kier molecular flexibility index (Phi) is 5.85. The molecule has 144 valence electrons. The minimum absolute atomic E-state index is 0.0204. The number of nitrogens with one attached hydrogen (secondary N) is 1. The molecule has 1 saturated heterocycles. The zero-order valence-corrected chi connectivity index (χ0v) is 17.7. The van der Waals surface area contributed by atoms with E-state index in [1.54, 1.807) is 36.4 Å². The standard InChI is InChI=1S/C19H14Br2N2O5/c1-28-13-4-2-10(3-5-13)9-23-18(26)14(17(25)22-19(23)27)7-11-6-12(20)8-15(21)16(11)24/h2-8,24H,9H2,1H3,(H,22,25,27)/b14-7+. The first kappa shape index (κ1) is 20.1. The third kappa shape index (κ3) is 4.10. The number of hydrogen-bond acceptors (Lipinski definition) is 5. The first-order valence-corrected chi connectivity index (χ1v) is 9.58. The summed E-state index contributed by atoms with van der Waals surface area (Å²) in [5.74, 6) is -1.06. The van der Waals surface area contributed by atoms with E-state index in [9.17, 15) is 19.5 Å². The molecule has 0 spiro atoms. The average Bonchev–Trinajstić information content (AvgIpc) is 2.66. The first-order chi connectivity index (χ1) is 13.3. The Bertz CT molecular complexity index is 1000. The number of hydrogen-bond donors (Lipinski definition) is 2. The van der Waals surface area contributed by atoms with E-state index in [4.69, 9.17) is 4.74 Å². The van der Waals surface area contributed by atoms with E-state index in [0.717, 1.165) is 4.90 Å². The minimum atomic E-state index is -0.823. The molecule has 0 saturated carbocycles. The monoisotopic (exact) mass is 508 g/mol. The fraction of sp³-hybridized carbons (Fsp3) is 0.105. The van der Waals surface area contributed by atoms with Crippen LogP contribution >= 0.6 is 31.9 Å². The summed E-state index contributed by atoms with van der Waals surface area (Å²) in [5, 5.41) is 12.3. The van der Waals surface area contributed by atoms with Crippen molar-refractivity contribution in [1.29, 1.82) is 0 Å². The van der Waals surface area contributed by atoms with Gasteiger partial charge < -0.3 is 9.84 Å². The zero-order valence-electron chi connectivity index (χ0n) is 14.5. The highest BCUT2D eigenvalue weighted by Crippen LogP contribution is 2.33. The number of carbonyl (C=O) groups excluding carboxylic acids is 3. The van der Waals surface area contributed by atoms with Crippen molar-refractivity contribution in [3.05, 3.63) is 62.0 Å². The number of ether oxygens (including phenoxy) is 1. The molecule has 2 aromatic rings. The number of benzene rings is 2. The fourth-order valence-electron chi connectivity index (χ4n) is 2.60. The van der Waals surface area contributed by atoms with Gasteiger partial charge in [-0.05, 0) is 51.8 Å². The second-order valence-electron chi connectivity index (χ2n) is 5.88. The summed E-state index contributed by atoms with van der Waals surface area (Å²) in [4.78, 5) is 38.1. The number of methoxy groups -OCH3 is 1. The lowest BCUT2D eigenvalue weighted by Crippen LogP contribution is -2.53. The van der Waals surface area contributed by atoms with Crippen molar-refractivity contribution >= 4 is 55.8 Å². The van der Waals surface area contributed by atoms with Gasteiger partial charge in [-0.3, -0.25) is 19.8 Å². The van der Waals surface area contributed by atoms with Gasteiger partial charge in [0.25, 0.3) is 11.8 Å². The molecule has 4 amide bonds. The van der Waals surface area contributed by atoms with Crippen LogP contribution in [0.2, 0.25) is 0 Å². The van der Waals surface area contributed by atoms with Crippen LogP contribution in [0.15, 0.2) is 50.9 Å². The number of phenolic OH excluding ortho intramolecular Hbond substituents is 1. The molecule has 1 aliphatic rings. The van der Waals surface area contributed by atoms with Gasteiger partial charge in [0.15, 0.2) is 0 Å². The Morgan fingerprint density at radius 1 is 1.14 bits per heavy atom. The Morgan fingerprint density at radius 3 is 2.46 bits per heavy atom. The number of rotatable bonds is 4. The quantitative estimate of drug-likeness (QED) is 0.485. The maximum Gasteiger partial charge on any atom is 0.331 e. The van der Waals surface area contributed by atoms with Crippen LogP contribution in [0.4, 0.5) is 4.79 Å². The summed E-state index contributed by atoms with van der Waals surface area (Å²) in [6, 6.07) is 9.23. The van der Waals surface area contributed by atoms with Gasteiger partial charge >= 0.3 is 6.03 Å². The Labute approximate surface area is 177 Å². The van der Waals surface area contributed by atoms with Crippen molar-refractivity contribution in [3.63, 3.8) is 0 Å². The molecule has 1 aliphatic heterocycles.